The van der Waals surface area contributed by atoms with Crippen molar-refractivity contribution in [3.8, 4) is 11.5 Å². The molecular formula is C12H12O3. The van der Waals surface area contributed by atoms with E-state index < -0.39 is 0 Å². The maximum absolute atomic E-state index is 12.1. The van der Waals surface area contributed by atoms with E-state index in [4.69, 9.17) is 9.47 Å². The Hall–Kier alpha value is -1.51. The summed E-state index contributed by atoms with van der Waals surface area (Å²) in [4.78, 5) is 12.1. The molecule has 1 spiro atoms. The predicted octanol–water partition coefficient (Wildman–Crippen LogP) is 2.05. The van der Waals surface area contributed by atoms with E-state index in [2.05, 4.69) is 0 Å². The molecule has 0 aromatic heterocycles. The summed E-state index contributed by atoms with van der Waals surface area (Å²) in [5, 5.41) is 0. The van der Waals surface area contributed by atoms with E-state index >= 15 is 0 Å². The third-order valence-corrected chi connectivity index (χ3v) is 3.27. The van der Waals surface area contributed by atoms with Crippen LogP contribution >= 0.6 is 0 Å². The van der Waals surface area contributed by atoms with Crippen molar-refractivity contribution in [2.75, 3.05) is 13.7 Å². The van der Waals surface area contributed by atoms with Gasteiger partial charge in [0.25, 0.3) is 0 Å². The summed E-state index contributed by atoms with van der Waals surface area (Å²) >= 11 is 0. The van der Waals surface area contributed by atoms with Crippen molar-refractivity contribution in [1.29, 1.82) is 0 Å². The van der Waals surface area contributed by atoms with Crippen molar-refractivity contribution in [1.82, 2.24) is 0 Å². The van der Waals surface area contributed by atoms with Crippen LogP contribution in [0.3, 0.4) is 0 Å². The van der Waals surface area contributed by atoms with Crippen LogP contribution in [0.25, 0.3) is 0 Å². The lowest BCUT2D eigenvalue weighted by atomic mass is 9.92. The first kappa shape index (κ1) is 8.77. The Morgan fingerprint density at radius 2 is 2.20 bits per heavy atom. The minimum Gasteiger partial charge on any atom is -0.497 e. The van der Waals surface area contributed by atoms with Crippen LogP contribution in [-0.4, -0.2) is 19.5 Å². The number of Topliss-reactive ketones (excluding diaryl/α,β-unsaturated/α-hetero) is 1. The first-order valence-electron chi connectivity index (χ1n) is 5.11. The van der Waals surface area contributed by atoms with Gasteiger partial charge in [-0.3, -0.25) is 4.79 Å². The average molecular weight is 204 g/mol. The number of methoxy groups -OCH3 is 1. The molecule has 78 valence electrons. The summed E-state index contributed by atoms with van der Waals surface area (Å²) in [6.07, 6.45) is 1.92. The topological polar surface area (TPSA) is 35.5 Å². The van der Waals surface area contributed by atoms with Crippen molar-refractivity contribution >= 4 is 5.78 Å². The van der Waals surface area contributed by atoms with Crippen LogP contribution in [0.5, 0.6) is 11.5 Å². The highest BCUT2D eigenvalue weighted by Gasteiger charge is 2.53. The molecule has 0 saturated heterocycles. The van der Waals surface area contributed by atoms with Crippen LogP contribution in [-0.2, 0) is 0 Å². The number of fused-ring (bicyclic) bond motifs is 1. The van der Waals surface area contributed by atoms with Gasteiger partial charge in [0.05, 0.1) is 18.1 Å². The number of ether oxygens (including phenoxy) is 2. The lowest BCUT2D eigenvalue weighted by Gasteiger charge is -2.23. The van der Waals surface area contributed by atoms with Crippen molar-refractivity contribution in [3.05, 3.63) is 23.8 Å². The highest BCUT2D eigenvalue weighted by atomic mass is 16.5. The van der Waals surface area contributed by atoms with Gasteiger partial charge in [0.15, 0.2) is 5.78 Å². The summed E-state index contributed by atoms with van der Waals surface area (Å²) < 4.78 is 10.7. The summed E-state index contributed by atoms with van der Waals surface area (Å²) in [7, 11) is 1.60. The van der Waals surface area contributed by atoms with E-state index in [1.807, 2.05) is 6.07 Å². The number of rotatable bonds is 1. The van der Waals surface area contributed by atoms with E-state index in [1.165, 1.54) is 0 Å². The molecule has 1 saturated carbocycles. The van der Waals surface area contributed by atoms with Crippen molar-refractivity contribution < 1.29 is 14.3 Å². The van der Waals surface area contributed by atoms with Crippen LogP contribution in [0.2, 0.25) is 0 Å². The minimum absolute atomic E-state index is 0.195. The van der Waals surface area contributed by atoms with Crippen LogP contribution < -0.4 is 9.47 Å². The van der Waals surface area contributed by atoms with Crippen LogP contribution in [0, 0.1) is 5.41 Å². The molecule has 1 fully saturated rings. The van der Waals surface area contributed by atoms with E-state index in [0.717, 1.165) is 12.8 Å². The Morgan fingerprint density at radius 3 is 2.87 bits per heavy atom. The van der Waals surface area contributed by atoms with Crippen LogP contribution in [0.15, 0.2) is 18.2 Å². The Morgan fingerprint density at radius 1 is 1.40 bits per heavy atom. The second kappa shape index (κ2) is 2.75. The molecule has 1 aromatic rings. The Bertz CT molecular complexity index is 432. The quantitative estimate of drug-likeness (QED) is 0.702. The Labute approximate surface area is 88.0 Å². The molecular weight excluding hydrogens is 192 g/mol. The van der Waals surface area contributed by atoms with Crippen LogP contribution in [0.4, 0.5) is 0 Å². The molecule has 0 radical (unpaired) electrons. The zero-order valence-corrected chi connectivity index (χ0v) is 8.58. The lowest BCUT2D eigenvalue weighted by molar-refractivity contribution is 0.0798. The number of ketones is 1. The molecule has 1 aliphatic heterocycles. The van der Waals surface area contributed by atoms with Crippen molar-refractivity contribution in [2.24, 2.45) is 5.41 Å². The monoisotopic (exact) mass is 204 g/mol. The average Bonchev–Trinajstić information content (AvgIpc) is 3.05. The van der Waals surface area contributed by atoms with Gasteiger partial charge >= 0.3 is 0 Å². The third-order valence-electron chi connectivity index (χ3n) is 3.27. The van der Waals surface area contributed by atoms with Gasteiger partial charge in [-0.05, 0) is 31.0 Å². The predicted molar refractivity (Wildman–Crippen MR) is 54.5 cm³/mol. The van der Waals surface area contributed by atoms with E-state index in [0.29, 0.717) is 23.7 Å². The van der Waals surface area contributed by atoms with Crippen molar-refractivity contribution in [2.45, 2.75) is 12.8 Å². The minimum atomic E-state index is -0.195. The number of benzene rings is 1. The summed E-state index contributed by atoms with van der Waals surface area (Å²) in [5.41, 5.74) is 0.484. The van der Waals surface area contributed by atoms with Gasteiger partial charge in [-0.1, -0.05) is 0 Å². The first-order chi connectivity index (χ1) is 7.25. The number of hydrogen-bond acceptors (Lipinski definition) is 3. The zero-order chi connectivity index (χ0) is 10.5. The highest BCUT2D eigenvalue weighted by Crippen LogP contribution is 2.52. The Balaban J connectivity index is 2.08. The largest absolute Gasteiger partial charge is 0.497 e. The highest BCUT2D eigenvalue weighted by molar-refractivity contribution is 6.05. The number of carbonyl (C=O) groups excluding carboxylic acids is 1. The van der Waals surface area contributed by atoms with Gasteiger partial charge in [-0.15, -0.1) is 0 Å². The smallest absolute Gasteiger partial charge is 0.176 e. The fourth-order valence-electron chi connectivity index (χ4n) is 2.03. The van der Waals surface area contributed by atoms with Gasteiger partial charge in [0.2, 0.25) is 0 Å². The molecule has 1 aliphatic carbocycles. The van der Waals surface area contributed by atoms with Crippen molar-refractivity contribution in [3.63, 3.8) is 0 Å². The van der Waals surface area contributed by atoms with Gasteiger partial charge in [0.1, 0.15) is 18.1 Å². The third kappa shape index (κ3) is 1.16. The number of carbonyl (C=O) groups is 1. The molecule has 3 rings (SSSR count). The molecule has 1 aromatic carbocycles. The maximum Gasteiger partial charge on any atom is 0.176 e. The summed E-state index contributed by atoms with van der Waals surface area (Å²) in [6, 6.07) is 5.40. The summed E-state index contributed by atoms with van der Waals surface area (Å²) in [6.45, 7) is 0.547. The van der Waals surface area contributed by atoms with Crippen LogP contribution in [0.1, 0.15) is 23.2 Å². The molecule has 3 nitrogen and oxygen atoms in total. The second-order valence-electron chi connectivity index (χ2n) is 4.26. The fourth-order valence-corrected chi connectivity index (χ4v) is 2.03. The maximum atomic E-state index is 12.1. The molecule has 15 heavy (non-hydrogen) atoms. The molecule has 0 bridgehead atoms. The van der Waals surface area contributed by atoms with Gasteiger partial charge in [-0.25, -0.2) is 0 Å². The van der Waals surface area contributed by atoms with E-state index in [9.17, 15) is 4.79 Å². The van der Waals surface area contributed by atoms with Gasteiger partial charge in [0, 0.05) is 0 Å². The molecule has 0 N–H and O–H groups in total. The standard InChI is InChI=1S/C12H12O3/c1-14-8-2-3-10-9(6-8)11(13)12(4-5-12)7-15-10/h2-3,6H,4-5,7H2,1H3. The first-order valence-corrected chi connectivity index (χ1v) is 5.11. The normalized spacial score (nSPS) is 20.7. The zero-order valence-electron chi connectivity index (χ0n) is 8.58. The van der Waals surface area contributed by atoms with Gasteiger partial charge < -0.3 is 9.47 Å². The molecule has 2 aliphatic rings. The molecule has 0 amide bonds. The second-order valence-corrected chi connectivity index (χ2v) is 4.26. The van der Waals surface area contributed by atoms with E-state index in [-0.39, 0.29) is 11.2 Å². The fraction of sp³-hybridized carbons (Fsp3) is 0.417. The van der Waals surface area contributed by atoms with E-state index in [1.54, 1.807) is 19.2 Å². The SMILES string of the molecule is COc1ccc2c(c1)C(=O)C1(CC1)CO2. The molecule has 0 atom stereocenters. The Kier molecular flexibility index (Phi) is 1.61. The lowest BCUT2D eigenvalue weighted by Crippen LogP contribution is -2.29. The molecule has 0 unspecified atom stereocenters. The summed E-state index contributed by atoms with van der Waals surface area (Å²) in [5.74, 6) is 1.63. The molecule has 1 heterocycles. The number of hydrogen-bond donors (Lipinski definition) is 0. The van der Waals surface area contributed by atoms with Gasteiger partial charge in [-0.2, -0.15) is 0 Å². The molecule has 3 heteroatoms.